The molecule has 0 spiro atoms. The molecule has 0 bridgehead atoms. The van der Waals surface area contributed by atoms with Gasteiger partial charge in [0.25, 0.3) is 0 Å². The number of anilines is 1. The zero-order valence-corrected chi connectivity index (χ0v) is 16.8. The van der Waals surface area contributed by atoms with Crippen molar-refractivity contribution in [1.82, 2.24) is 9.78 Å². The number of aryl methyl sites for hydroxylation is 1. The molecule has 142 valence electrons. The molecule has 1 amide bonds. The lowest BCUT2D eigenvalue weighted by Crippen LogP contribution is -2.24. The van der Waals surface area contributed by atoms with Gasteiger partial charge in [-0.3, -0.25) is 4.79 Å². The Balaban J connectivity index is 0.00000243. The third kappa shape index (κ3) is 4.46. The van der Waals surface area contributed by atoms with Crippen molar-refractivity contribution in [3.8, 4) is 5.69 Å². The van der Waals surface area contributed by atoms with E-state index < -0.39 is 0 Å². The summed E-state index contributed by atoms with van der Waals surface area (Å²) in [5, 5.41) is 7.84. The van der Waals surface area contributed by atoms with Gasteiger partial charge in [0, 0.05) is 23.4 Å². The highest BCUT2D eigenvalue weighted by molar-refractivity contribution is 5.92. The molecule has 5 nitrogen and oxygen atoms in total. The molecule has 0 radical (unpaired) electrons. The van der Waals surface area contributed by atoms with E-state index in [9.17, 15) is 4.79 Å². The van der Waals surface area contributed by atoms with Crippen molar-refractivity contribution in [2.24, 2.45) is 11.7 Å². The number of halogens is 1. The van der Waals surface area contributed by atoms with Gasteiger partial charge in [-0.25, -0.2) is 4.68 Å². The summed E-state index contributed by atoms with van der Waals surface area (Å²) in [6.45, 7) is 8.42. The molecule has 3 rings (SSSR count). The van der Waals surface area contributed by atoms with Crippen molar-refractivity contribution < 1.29 is 4.79 Å². The molecule has 1 heterocycles. The molecule has 2 atom stereocenters. The van der Waals surface area contributed by atoms with Crippen LogP contribution in [0.25, 0.3) is 5.69 Å². The van der Waals surface area contributed by atoms with E-state index in [1.807, 2.05) is 22.9 Å². The first-order chi connectivity index (χ1) is 11.7. The average Bonchev–Trinajstić information content (AvgIpc) is 3.14. The summed E-state index contributed by atoms with van der Waals surface area (Å²) in [6.07, 6.45) is 2.54. The summed E-state index contributed by atoms with van der Waals surface area (Å²) in [7, 11) is 0. The molecule has 0 saturated heterocycles. The number of carbonyl (C=O) groups is 1. The molecule has 1 fully saturated rings. The molecule has 2 unspecified atom stereocenters. The number of nitrogens with zero attached hydrogens (tertiary/aromatic N) is 2. The van der Waals surface area contributed by atoms with Crippen LogP contribution in [-0.4, -0.2) is 21.7 Å². The summed E-state index contributed by atoms with van der Waals surface area (Å²) in [6, 6.07) is 10.3. The molecule has 1 aromatic carbocycles. The highest BCUT2D eigenvalue weighted by Crippen LogP contribution is 2.29. The van der Waals surface area contributed by atoms with Crippen LogP contribution in [0.15, 0.2) is 30.3 Å². The van der Waals surface area contributed by atoms with Crippen LogP contribution in [0.1, 0.15) is 51.3 Å². The molecule has 1 aliphatic carbocycles. The van der Waals surface area contributed by atoms with Gasteiger partial charge >= 0.3 is 0 Å². The van der Waals surface area contributed by atoms with E-state index in [0.717, 1.165) is 36.5 Å². The summed E-state index contributed by atoms with van der Waals surface area (Å²) in [5.74, 6) is 0.760. The number of hydrogen-bond donors (Lipinski definition) is 2. The fraction of sp³-hybridized carbons (Fsp3) is 0.500. The second kappa shape index (κ2) is 7.80. The van der Waals surface area contributed by atoms with E-state index in [4.69, 9.17) is 10.8 Å². The second-order valence-corrected chi connectivity index (χ2v) is 8.17. The molecule has 0 aliphatic heterocycles. The summed E-state index contributed by atoms with van der Waals surface area (Å²) in [5.41, 5.74) is 8.95. The lowest BCUT2D eigenvalue weighted by Gasteiger charge is -2.14. The molecule has 26 heavy (non-hydrogen) atoms. The fourth-order valence-corrected chi connectivity index (χ4v) is 3.20. The number of benzene rings is 1. The third-order valence-electron chi connectivity index (χ3n) is 4.85. The van der Waals surface area contributed by atoms with Crippen LogP contribution in [0, 0.1) is 12.8 Å². The Morgan fingerprint density at radius 2 is 1.88 bits per heavy atom. The minimum Gasteiger partial charge on any atom is -0.328 e. The zero-order chi connectivity index (χ0) is 18.2. The minimum atomic E-state index is -0.0921. The van der Waals surface area contributed by atoms with Gasteiger partial charge in [-0.2, -0.15) is 5.10 Å². The Bertz CT molecular complexity index is 761. The van der Waals surface area contributed by atoms with Crippen molar-refractivity contribution in [1.29, 1.82) is 0 Å². The van der Waals surface area contributed by atoms with Gasteiger partial charge < -0.3 is 11.1 Å². The van der Waals surface area contributed by atoms with Crippen molar-refractivity contribution in [3.63, 3.8) is 0 Å². The fourth-order valence-electron chi connectivity index (χ4n) is 3.20. The summed E-state index contributed by atoms with van der Waals surface area (Å²) in [4.78, 5) is 12.6. The summed E-state index contributed by atoms with van der Waals surface area (Å²) >= 11 is 0. The molecule has 1 aromatic heterocycles. The van der Waals surface area contributed by atoms with Gasteiger partial charge in [0.15, 0.2) is 0 Å². The topological polar surface area (TPSA) is 72.9 Å². The molecule has 1 aliphatic rings. The lowest BCUT2D eigenvalue weighted by atomic mass is 9.92. The Labute approximate surface area is 161 Å². The maximum atomic E-state index is 12.6. The molecular formula is C20H29ClN4O. The molecule has 6 heteroatoms. The third-order valence-corrected chi connectivity index (χ3v) is 4.85. The van der Waals surface area contributed by atoms with E-state index in [1.165, 1.54) is 5.56 Å². The van der Waals surface area contributed by atoms with Crippen LogP contribution in [0.3, 0.4) is 0 Å². The van der Waals surface area contributed by atoms with E-state index in [1.54, 1.807) is 0 Å². The first-order valence-electron chi connectivity index (χ1n) is 8.98. The number of nitrogens with two attached hydrogens (primary N) is 1. The van der Waals surface area contributed by atoms with Gasteiger partial charge in [0.05, 0.1) is 11.4 Å². The Kier molecular flexibility index (Phi) is 6.14. The lowest BCUT2D eigenvalue weighted by molar-refractivity contribution is -0.119. The van der Waals surface area contributed by atoms with Crippen LogP contribution in [-0.2, 0) is 10.2 Å². The van der Waals surface area contributed by atoms with Crippen LogP contribution >= 0.6 is 12.4 Å². The smallest absolute Gasteiger partial charge is 0.228 e. The number of carbonyl (C=O) groups excluding carboxylic acids is 1. The van der Waals surface area contributed by atoms with E-state index in [-0.39, 0.29) is 35.7 Å². The second-order valence-electron chi connectivity index (χ2n) is 8.17. The van der Waals surface area contributed by atoms with Crippen LogP contribution in [0.5, 0.6) is 0 Å². The van der Waals surface area contributed by atoms with Gasteiger partial charge in [0.2, 0.25) is 5.91 Å². The number of amides is 1. The van der Waals surface area contributed by atoms with Gasteiger partial charge in [-0.1, -0.05) is 38.5 Å². The quantitative estimate of drug-likeness (QED) is 0.851. The van der Waals surface area contributed by atoms with Crippen LogP contribution < -0.4 is 11.1 Å². The highest BCUT2D eigenvalue weighted by Gasteiger charge is 2.29. The molecule has 3 N–H and O–H groups in total. The van der Waals surface area contributed by atoms with Gasteiger partial charge in [0.1, 0.15) is 5.82 Å². The zero-order valence-electron chi connectivity index (χ0n) is 16.0. The predicted octanol–water partition coefficient (Wildman–Crippen LogP) is 3.97. The Morgan fingerprint density at radius 1 is 1.23 bits per heavy atom. The maximum Gasteiger partial charge on any atom is 0.228 e. The Morgan fingerprint density at radius 3 is 2.42 bits per heavy atom. The Hall–Kier alpha value is -1.85. The monoisotopic (exact) mass is 376 g/mol. The SMILES string of the molecule is Cc1ccc(-n2nc(C(C)(C)C)cc2NC(=O)C2CCC(N)C2)cc1.Cl. The minimum absolute atomic E-state index is 0. The van der Waals surface area contributed by atoms with Gasteiger partial charge in [-0.15, -0.1) is 12.4 Å². The maximum absolute atomic E-state index is 12.6. The van der Waals surface area contributed by atoms with Crippen molar-refractivity contribution in [3.05, 3.63) is 41.6 Å². The number of nitrogens with one attached hydrogen (secondary N) is 1. The molecule has 1 saturated carbocycles. The van der Waals surface area contributed by atoms with Crippen LogP contribution in [0.4, 0.5) is 5.82 Å². The highest BCUT2D eigenvalue weighted by atomic mass is 35.5. The van der Waals surface area contributed by atoms with Crippen LogP contribution in [0.2, 0.25) is 0 Å². The summed E-state index contributed by atoms with van der Waals surface area (Å²) < 4.78 is 1.83. The standard InChI is InChI=1S/C20H28N4O.ClH/c1-13-5-9-16(10-6-13)24-18(12-17(23-24)20(2,3)4)22-19(25)14-7-8-15(21)11-14;/h5-6,9-10,12,14-15H,7-8,11,21H2,1-4H3,(H,22,25);1H. The average molecular weight is 377 g/mol. The van der Waals surface area contributed by atoms with Crippen molar-refractivity contribution in [2.45, 2.75) is 58.4 Å². The number of aromatic nitrogens is 2. The van der Waals surface area contributed by atoms with E-state index >= 15 is 0 Å². The normalized spacial score (nSPS) is 19.9. The van der Waals surface area contributed by atoms with Crippen molar-refractivity contribution >= 4 is 24.1 Å². The van der Waals surface area contributed by atoms with E-state index in [0.29, 0.717) is 0 Å². The predicted molar refractivity (Wildman–Crippen MR) is 108 cm³/mol. The largest absolute Gasteiger partial charge is 0.328 e. The first kappa shape index (κ1) is 20.5. The molecular weight excluding hydrogens is 348 g/mol. The molecule has 2 aromatic rings. The number of rotatable bonds is 3. The first-order valence-corrected chi connectivity index (χ1v) is 8.98. The number of hydrogen-bond acceptors (Lipinski definition) is 3. The van der Waals surface area contributed by atoms with Crippen molar-refractivity contribution in [2.75, 3.05) is 5.32 Å². The van der Waals surface area contributed by atoms with Gasteiger partial charge in [-0.05, 0) is 38.3 Å². The van der Waals surface area contributed by atoms with E-state index in [2.05, 4.69) is 45.1 Å².